The van der Waals surface area contributed by atoms with Crippen LogP contribution in [-0.4, -0.2) is 56.5 Å². The summed E-state index contributed by atoms with van der Waals surface area (Å²) in [4.78, 5) is 0. The van der Waals surface area contributed by atoms with E-state index in [4.69, 9.17) is 14.2 Å². The van der Waals surface area contributed by atoms with Gasteiger partial charge in [-0.2, -0.15) is 5.10 Å². The lowest BCUT2D eigenvalue weighted by Crippen LogP contribution is -2.15. The molecule has 0 amide bonds. The van der Waals surface area contributed by atoms with Crippen molar-refractivity contribution in [1.82, 2.24) is 15.1 Å². The predicted octanol–water partition coefficient (Wildman–Crippen LogP) is 1.06. The van der Waals surface area contributed by atoms with Crippen molar-refractivity contribution < 1.29 is 14.2 Å². The Labute approximate surface area is 121 Å². The zero-order chi connectivity index (χ0) is 14.5. The SMILES string of the molecule is CCCNCc1ccn(CCOCCOCCOC)n1. The molecule has 1 heterocycles. The Hall–Kier alpha value is -0.950. The highest BCUT2D eigenvalue weighted by Gasteiger charge is 1.98. The van der Waals surface area contributed by atoms with Crippen molar-refractivity contribution in [3.63, 3.8) is 0 Å². The van der Waals surface area contributed by atoms with Gasteiger partial charge in [0.05, 0.1) is 45.3 Å². The maximum Gasteiger partial charge on any atom is 0.0762 e. The van der Waals surface area contributed by atoms with Gasteiger partial charge in [0.2, 0.25) is 0 Å². The van der Waals surface area contributed by atoms with Crippen LogP contribution in [0.25, 0.3) is 0 Å². The van der Waals surface area contributed by atoms with Gasteiger partial charge in [0.25, 0.3) is 0 Å². The molecule has 20 heavy (non-hydrogen) atoms. The summed E-state index contributed by atoms with van der Waals surface area (Å²) in [5.74, 6) is 0. The van der Waals surface area contributed by atoms with Gasteiger partial charge in [-0.1, -0.05) is 6.92 Å². The van der Waals surface area contributed by atoms with Crippen molar-refractivity contribution in [2.45, 2.75) is 26.4 Å². The van der Waals surface area contributed by atoms with Crippen LogP contribution in [0.3, 0.4) is 0 Å². The van der Waals surface area contributed by atoms with Gasteiger partial charge < -0.3 is 19.5 Å². The zero-order valence-corrected chi connectivity index (χ0v) is 12.6. The third-order valence-corrected chi connectivity index (χ3v) is 2.70. The van der Waals surface area contributed by atoms with E-state index in [2.05, 4.69) is 17.3 Å². The fourth-order valence-corrected chi connectivity index (χ4v) is 1.64. The molecule has 6 nitrogen and oxygen atoms in total. The van der Waals surface area contributed by atoms with Gasteiger partial charge >= 0.3 is 0 Å². The minimum Gasteiger partial charge on any atom is -0.382 e. The lowest BCUT2D eigenvalue weighted by Gasteiger charge is -2.05. The molecule has 6 heteroatoms. The Bertz CT molecular complexity index is 331. The summed E-state index contributed by atoms with van der Waals surface area (Å²) in [6.07, 6.45) is 3.13. The summed E-state index contributed by atoms with van der Waals surface area (Å²) >= 11 is 0. The van der Waals surface area contributed by atoms with Gasteiger partial charge in [-0.15, -0.1) is 0 Å². The van der Waals surface area contributed by atoms with E-state index < -0.39 is 0 Å². The van der Waals surface area contributed by atoms with Gasteiger partial charge in [0.1, 0.15) is 0 Å². The standard InChI is InChI=1S/C14H27N3O3/c1-3-5-15-13-14-4-6-17(16-14)7-8-19-11-12-20-10-9-18-2/h4,6,15H,3,5,7-13H2,1-2H3. The van der Waals surface area contributed by atoms with E-state index in [0.29, 0.717) is 33.0 Å². The Morgan fingerprint density at radius 3 is 2.65 bits per heavy atom. The van der Waals surface area contributed by atoms with Crippen molar-refractivity contribution in [2.75, 3.05) is 46.7 Å². The number of rotatable bonds is 13. The minimum absolute atomic E-state index is 0.606. The Morgan fingerprint density at radius 2 is 1.90 bits per heavy atom. The van der Waals surface area contributed by atoms with Crippen LogP contribution in [0, 0.1) is 0 Å². The Kier molecular flexibility index (Phi) is 10.1. The maximum absolute atomic E-state index is 5.48. The number of methoxy groups -OCH3 is 1. The van der Waals surface area contributed by atoms with Gasteiger partial charge in [0.15, 0.2) is 0 Å². The maximum atomic E-state index is 5.48. The molecular formula is C14H27N3O3. The summed E-state index contributed by atoms with van der Waals surface area (Å²) in [6.45, 7) is 7.89. The third kappa shape index (κ3) is 8.27. The molecule has 0 fully saturated rings. The molecule has 0 unspecified atom stereocenters. The van der Waals surface area contributed by atoms with E-state index in [1.165, 1.54) is 0 Å². The summed E-state index contributed by atoms with van der Waals surface area (Å²) in [5.41, 5.74) is 1.07. The quantitative estimate of drug-likeness (QED) is 0.549. The van der Waals surface area contributed by atoms with Crippen LogP contribution < -0.4 is 5.32 Å². The van der Waals surface area contributed by atoms with Crippen molar-refractivity contribution in [3.05, 3.63) is 18.0 Å². The van der Waals surface area contributed by atoms with Crippen molar-refractivity contribution in [3.8, 4) is 0 Å². The second-order valence-corrected chi connectivity index (χ2v) is 4.46. The smallest absolute Gasteiger partial charge is 0.0762 e. The van der Waals surface area contributed by atoms with Crippen molar-refractivity contribution in [2.24, 2.45) is 0 Å². The molecule has 1 aromatic rings. The van der Waals surface area contributed by atoms with Crippen LogP contribution in [-0.2, 0) is 27.3 Å². The Morgan fingerprint density at radius 1 is 1.15 bits per heavy atom. The highest BCUT2D eigenvalue weighted by molar-refractivity contribution is 4.98. The number of aromatic nitrogens is 2. The molecule has 0 bridgehead atoms. The summed E-state index contributed by atoms with van der Waals surface area (Å²) < 4.78 is 17.6. The molecule has 0 aliphatic rings. The molecular weight excluding hydrogens is 258 g/mol. The van der Waals surface area contributed by atoms with Crippen molar-refractivity contribution >= 4 is 0 Å². The lowest BCUT2D eigenvalue weighted by molar-refractivity contribution is 0.0225. The molecule has 0 saturated heterocycles. The van der Waals surface area contributed by atoms with Gasteiger partial charge in [0, 0.05) is 19.9 Å². The minimum atomic E-state index is 0.606. The third-order valence-electron chi connectivity index (χ3n) is 2.70. The van der Waals surface area contributed by atoms with E-state index in [-0.39, 0.29) is 0 Å². The Balaban J connectivity index is 1.99. The van der Waals surface area contributed by atoms with Crippen LogP contribution >= 0.6 is 0 Å². The molecule has 1 rings (SSSR count). The average molecular weight is 285 g/mol. The second kappa shape index (κ2) is 11.8. The highest BCUT2D eigenvalue weighted by atomic mass is 16.5. The molecule has 1 N–H and O–H groups in total. The van der Waals surface area contributed by atoms with E-state index in [1.807, 2.05) is 16.9 Å². The number of nitrogens with zero attached hydrogens (tertiary/aromatic N) is 2. The first-order chi connectivity index (χ1) is 9.86. The van der Waals surface area contributed by atoms with Crippen LogP contribution in [0.1, 0.15) is 19.0 Å². The topological polar surface area (TPSA) is 57.5 Å². The largest absolute Gasteiger partial charge is 0.382 e. The summed E-state index contributed by atoms with van der Waals surface area (Å²) in [6, 6.07) is 2.04. The first-order valence-electron chi connectivity index (χ1n) is 7.24. The molecule has 1 aromatic heterocycles. The number of ether oxygens (including phenoxy) is 3. The summed E-state index contributed by atoms with van der Waals surface area (Å²) in [7, 11) is 1.66. The molecule has 116 valence electrons. The molecule has 0 aliphatic carbocycles. The van der Waals surface area contributed by atoms with E-state index in [9.17, 15) is 0 Å². The fraction of sp³-hybridized carbons (Fsp3) is 0.786. The fourth-order valence-electron chi connectivity index (χ4n) is 1.64. The molecule has 0 aliphatic heterocycles. The van der Waals surface area contributed by atoms with E-state index >= 15 is 0 Å². The predicted molar refractivity (Wildman–Crippen MR) is 77.7 cm³/mol. The van der Waals surface area contributed by atoms with Gasteiger partial charge in [-0.25, -0.2) is 0 Å². The molecule has 0 atom stereocenters. The lowest BCUT2D eigenvalue weighted by atomic mass is 10.4. The van der Waals surface area contributed by atoms with Crippen molar-refractivity contribution in [1.29, 1.82) is 0 Å². The number of hydrogen-bond donors (Lipinski definition) is 1. The van der Waals surface area contributed by atoms with E-state index in [0.717, 1.165) is 31.7 Å². The average Bonchev–Trinajstić information content (AvgIpc) is 2.90. The molecule has 0 aromatic carbocycles. The van der Waals surface area contributed by atoms with Crippen LogP contribution in [0.5, 0.6) is 0 Å². The van der Waals surface area contributed by atoms with Crippen LogP contribution in [0.4, 0.5) is 0 Å². The highest BCUT2D eigenvalue weighted by Crippen LogP contribution is 1.95. The molecule has 0 spiro atoms. The first kappa shape index (κ1) is 17.1. The molecule has 0 saturated carbocycles. The monoisotopic (exact) mass is 285 g/mol. The van der Waals surface area contributed by atoms with Gasteiger partial charge in [-0.3, -0.25) is 4.68 Å². The zero-order valence-electron chi connectivity index (χ0n) is 12.6. The van der Waals surface area contributed by atoms with Gasteiger partial charge in [-0.05, 0) is 19.0 Å². The van der Waals surface area contributed by atoms with E-state index in [1.54, 1.807) is 7.11 Å². The van der Waals surface area contributed by atoms with Crippen LogP contribution in [0.15, 0.2) is 12.3 Å². The number of hydrogen-bond acceptors (Lipinski definition) is 5. The first-order valence-corrected chi connectivity index (χ1v) is 7.24. The van der Waals surface area contributed by atoms with Crippen LogP contribution in [0.2, 0.25) is 0 Å². The molecule has 0 radical (unpaired) electrons. The summed E-state index contributed by atoms with van der Waals surface area (Å²) in [5, 5.41) is 7.80. The normalized spacial score (nSPS) is 11.1. The number of nitrogens with one attached hydrogen (secondary N) is 1. The second-order valence-electron chi connectivity index (χ2n) is 4.46.